The van der Waals surface area contributed by atoms with Gasteiger partial charge in [-0.2, -0.15) is 0 Å². The standard InChI is InChI=1S/C14H19FN2O3/c1-3-8-17(9-4-2)14(20)16-12-10(13(18)19)6-5-7-11(12)15/h5-7H,3-4,8-9H2,1-2H3,(H,16,20)(H,18,19). The van der Waals surface area contributed by atoms with E-state index in [1.807, 2.05) is 13.8 Å². The molecule has 0 aliphatic carbocycles. The molecule has 0 heterocycles. The van der Waals surface area contributed by atoms with Gasteiger partial charge in [-0.1, -0.05) is 19.9 Å². The van der Waals surface area contributed by atoms with Crippen molar-refractivity contribution in [2.75, 3.05) is 18.4 Å². The molecule has 0 atom stereocenters. The Morgan fingerprint density at radius 2 is 1.85 bits per heavy atom. The maximum absolute atomic E-state index is 13.7. The molecule has 1 aromatic rings. The molecule has 2 N–H and O–H groups in total. The Morgan fingerprint density at radius 1 is 1.25 bits per heavy atom. The number of carboxylic acid groups (broad SMARTS) is 1. The summed E-state index contributed by atoms with van der Waals surface area (Å²) < 4.78 is 13.7. The Hall–Kier alpha value is -2.11. The van der Waals surface area contributed by atoms with Crippen LogP contribution in [0, 0.1) is 5.82 Å². The van der Waals surface area contributed by atoms with Crippen molar-refractivity contribution in [3.8, 4) is 0 Å². The minimum absolute atomic E-state index is 0.258. The maximum Gasteiger partial charge on any atom is 0.337 e. The highest BCUT2D eigenvalue weighted by Crippen LogP contribution is 2.20. The van der Waals surface area contributed by atoms with Crippen molar-refractivity contribution in [2.24, 2.45) is 0 Å². The van der Waals surface area contributed by atoms with Crippen LogP contribution in [0.1, 0.15) is 37.0 Å². The number of carboxylic acids is 1. The predicted octanol–water partition coefficient (Wildman–Crippen LogP) is 3.18. The average molecular weight is 282 g/mol. The Labute approximate surface area is 117 Å². The molecule has 6 heteroatoms. The zero-order valence-corrected chi connectivity index (χ0v) is 11.6. The number of benzene rings is 1. The SMILES string of the molecule is CCCN(CCC)C(=O)Nc1c(F)cccc1C(=O)O. The first-order valence-corrected chi connectivity index (χ1v) is 6.59. The Morgan fingerprint density at radius 3 is 2.35 bits per heavy atom. The predicted molar refractivity (Wildman–Crippen MR) is 74.5 cm³/mol. The number of carbonyl (C=O) groups excluding carboxylic acids is 1. The second kappa shape index (κ2) is 7.47. The van der Waals surface area contributed by atoms with Crippen LogP contribution in [0.15, 0.2) is 18.2 Å². The molecule has 5 nitrogen and oxygen atoms in total. The van der Waals surface area contributed by atoms with Crippen molar-refractivity contribution in [3.63, 3.8) is 0 Å². The fourth-order valence-corrected chi connectivity index (χ4v) is 1.87. The number of hydrogen-bond acceptors (Lipinski definition) is 2. The van der Waals surface area contributed by atoms with Gasteiger partial charge in [0, 0.05) is 13.1 Å². The molecule has 110 valence electrons. The second-order valence-corrected chi connectivity index (χ2v) is 4.38. The third kappa shape index (κ3) is 3.94. The molecule has 0 aliphatic rings. The summed E-state index contributed by atoms with van der Waals surface area (Å²) in [5.74, 6) is -2.04. The molecule has 0 bridgehead atoms. The molecular formula is C14H19FN2O3. The van der Waals surface area contributed by atoms with E-state index in [9.17, 15) is 14.0 Å². The van der Waals surface area contributed by atoms with Crippen molar-refractivity contribution in [3.05, 3.63) is 29.6 Å². The van der Waals surface area contributed by atoms with E-state index < -0.39 is 17.8 Å². The lowest BCUT2D eigenvalue weighted by molar-refractivity contribution is 0.0697. The van der Waals surface area contributed by atoms with Crippen LogP contribution in [0.2, 0.25) is 0 Å². The van der Waals surface area contributed by atoms with Gasteiger partial charge in [-0.3, -0.25) is 0 Å². The molecule has 0 unspecified atom stereocenters. The summed E-state index contributed by atoms with van der Waals surface area (Å²) >= 11 is 0. The first-order chi connectivity index (χ1) is 9.51. The topological polar surface area (TPSA) is 69.6 Å². The highest BCUT2D eigenvalue weighted by atomic mass is 19.1. The number of para-hydroxylation sites is 1. The van der Waals surface area contributed by atoms with E-state index in [0.717, 1.165) is 18.9 Å². The summed E-state index contributed by atoms with van der Waals surface area (Å²) in [6.45, 7) is 4.94. The van der Waals surface area contributed by atoms with Crippen LogP contribution < -0.4 is 5.32 Å². The van der Waals surface area contributed by atoms with Gasteiger partial charge in [-0.15, -0.1) is 0 Å². The third-order valence-electron chi connectivity index (χ3n) is 2.75. The zero-order valence-electron chi connectivity index (χ0n) is 11.6. The van der Waals surface area contributed by atoms with Gasteiger partial charge in [-0.05, 0) is 25.0 Å². The average Bonchev–Trinajstić information content (AvgIpc) is 2.40. The van der Waals surface area contributed by atoms with Crippen molar-refractivity contribution in [1.82, 2.24) is 4.90 Å². The van der Waals surface area contributed by atoms with Crippen molar-refractivity contribution in [1.29, 1.82) is 0 Å². The van der Waals surface area contributed by atoms with Gasteiger partial charge < -0.3 is 15.3 Å². The van der Waals surface area contributed by atoms with Crippen molar-refractivity contribution in [2.45, 2.75) is 26.7 Å². The first-order valence-electron chi connectivity index (χ1n) is 6.59. The smallest absolute Gasteiger partial charge is 0.337 e. The highest BCUT2D eigenvalue weighted by Gasteiger charge is 2.19. The Balaban J connectivity index is 2.97. The number of aromatic carboxylic acids is 1. The van der Waals surface area contributed by atoms with E-state index >= 15 is 0 Å². The number of amides is 2. The number of hydrogen-bond donors (Lipinski definition) is 2. The summed E-state index contributed by atoms with van der Waals surface area (Å²) in [4.78, 5) is 24.7. The first kappa shape index (κ1) is 15.9. The minimum Gasteiger partial charge on any atom is -0.478 e. The van der Waals surface area contributed by atoms with E-state index in [1.54, 1.807) is 0 Å². The van der Waals surface area contributed by atoms with Crippen molar-refractivity contribution < 1.29 is 19.1 Å². The van der Waals surface area contributed by atoms with Crippen LogP contribution in [-0.2, 0) is 0 Å². The molecule has 1 rings (SSSR count). The maximum atomic E-state index is 13.7. The molecule has 1 aromatic carbocycles. The van der Waals surface area contributed by atoms with Gasteiger partial charge in [0.2, 0.25) is 0 Å². The molecular weight excluding hydrogens is 263 g/mol. The van der Waals surface area contributed by atoms with Crippen LogP contribution >= 0.6 is 0 Å². The van der Waals surface area contributed by atoms with Crippen LogP contribution in [0.5, 0.6) is 0 Å². The molecule has 0 saturated heterocycles. The molecule has 0 saturated carbocycles. The monoisotopic (exact) mass is 282 g/mol. The van der Waals surface area contributed by atoms with E-state index in [1.165, 1.54) is 17.0 Å². The number of nitrogens with zero attached hydrogens (tertiary/aromatic N) is 1. The second-order valence-electron chi connectivity index (χ2n) is 4.38. The van der Waals surface area contributed by atoms with Gasteiger partial charge >= 0.3 is 12.0 Å². The normalized spacial score (nSPS) is 10.2. The van der Waals surface area contributed by atoms with E-state index in [2.05, 4.69) is 5.32 Å². The molecule has 2 amide bonds. The van der Waals surface area contributed by atoms with Gasteiger partial charge in [0.05, 0.1) is 11.3 Å². The van der Waals surface area contributed by atoms with Gasteiger partial charge in [-0.25, -0.2) is 14.0 Å². The quantitative estimate of drug-likeness (QED) is 0.842. The summed E-state index contributed by atoms with van der Waals surface area (Å²) in [7, 11) is 0. The van der Waals surface area contributed by atoms with E-state index in [-0.39, 0.29) is 11.3 Å². The lowest BCUT2D eigenvalue weighted by Gasteiger charge is -2.22. The molecule has 0 aliphatic heterocycles. The molecule has 20 heavy (non-hydrogen) atoms. The number of anilines is 1. The summed E-state index contributed by atoms with van der Waals surface area (Å²) in [5.41, 5.74) is -0.548. The number of nitrogens with one attached hydrogen (secondary N) is 1. The summed E-state index contributed by atoms with van der Waals surface area (Å²) in [6, 6.07) is 3.18. The highest BCUT2D eigenvalue weighted by molar-refractivity contribution is 6.00. The van der Waals surface area contributed by atoms with Crippen LogP contribution in [0.3, 0.4) is 0 Å². The summed E-state index contributed by atoms with van der Waals surface area (Å²) in [6.07, 6.45) is 1.55. The lowest BCUT2D eigenvalue weighted by atomic mass is 10.1. The number of halogens is 1. The Kier molecular flexibility index (Phi) is 5.96. The number of carbonyl (C=O) groups is 2. The van der Waals surface area contributed by atoms with E-state index in [0.29, 0.717) is 13.1 Å². The van der Waals surface area contributed by atoms with Crippen molar-refractivity contribution >= 4 is 17.7 Å². The number of rotatable bonds is 6. The summed E-state index contributed by atoms with van der Waals surface area (Å²) in [5, 5.41) is 11.4. The van der Waals surface area contributed by atoms with Crippen LogP contribution in [0.4, 0.5) is 14.9 Å². The van der Waals surface area contributed by atoms with Gasteiger partial charge in [0.15, 0.2) is 0 Å². The largest absolute Gasteiger partial charge is 0.478 e. The molecule has 0 spiro atoms. The fraction of sp³-hybridized carbons (Fsp3) is 0.429. The zero-order chi connectivity index (χ0) is 15.1. The van der Waals surface area contributed by atoms with Gasteiger partial charge in [0.1, 0.15) is 5.82 Å². The van der Waals surface area contributed by atoms with Crippen LogP contribution in [-0.4, -0.2) is 35.1 Å². The number of urea groups is 1. The lowest BCUT2D eigenvalue weighted by Crippen LogP contribution is -2.36. The van der Waals surface area contributed by atoms with Gasteiger partial charge in [0.25, 0.3) is 0 Å². The minimum atomic E-state index is -1.28. The Bertz CT molecular complexity index is 485. The molecule has 0 radical (unpaired) electrons. The molecule has 0 fully saturated rings. The van der Waals surface area contributed by atoms with Crippen LogP contribution in [0.25, 0.3) is 0 Å². The fourth-order valence-electron chi connectivity index (χ4n) is 1.87. The third-order valence-corrected chi connectivity index (χ3v) is 2.75. The van der Waals surface area contributed by atoms with E-state index in [4.69, 9.17) is 5.11 Å². The molecule has 0 aromatic heterocycles.